The van der Waals surface area contributed by atoms with E-state index in [1.54, 1.807) is 12.1 Å². The van der Waals surface area contributed by atoms with Crippen LogP contribution in [0.4, 0.5) is 0 Å². The van der Waals surface area contributed by atoms with Gasteiger partial charge in [0.05, 0.1) is 0 Å². The van der Waals surface area contributed by atoms with Gasteiger partial charge in [-0.1, -0.05) is 34.9 Å². The molecule has 1 N–H and O–H groups in total. The number of carbonyl (C=O) groups excluding carboxylic acids is 2. The smallest absolute Gasteiger partial charge is 0.224 e. The molecule has 118 valence electrons. The van der Waals surface area contributed by atoms with E-state index in [0.717, 1.165) is 16.7 Å². The normalized spacial score (nSPS) is 21.6. The van der Waals surface area contributed by atoms with Crippen molar-refractivity contribution >= 4 is 23.5 Å². The van der Waals surface area contributed by atoms with Gasteiger partial charge >= 0.3 is 0 Å². The maximum Gasteiger partial charge on any atom is 0.224 e. The van der Waals surface area contributed by atoms with Gasteiger partial charge in [-0.25, -0.2) is 0 Å². The molecule has 1 aromatic rings. The predicted molar refractivity (Wildman–Crippen MR) is 82.9 cm³/mol. The molecule has 0 radical (unpaired) electrons. The van der Waals surface area contributed by atoms with Gasteiger partial charge in [0.1, 0.15) is 0 Å². The highest BCUT2D eigenvalue weighted by Crippen LogP contribution is 2.34. The summed E-state index contributed by atoms with van der Waals surface area (Å²) in [5.41, 5.74) is 3.00. The number of halogens is 1. The van der Waals surface area contributed by atoms with Crippen LogP contribution in [0, 0.1) is 11.8 Å². The molecule has 1 aromatic carbocycles. The first kappa shape index (κ1) is 16.6. The van der Waals surface area contributed by atoms with E-state index in [-0.39, 0.29) is 5.91 Å². The Balaban J connectivity index is 2.05. The van der Waals surface area contributed by atoms with Gasteiger partial charge in [-0.05, 0) is 44.4 Å². The van der Waals surface area contributed by atoms with Crippen LogP contribution in [0.1, 0.15) is 32.3 Å². The summed E-state index contributed by atoms with van der Waals surface area (Å²) in [4.78, 5) is 23.7. The third kappa shape index (κ3) is 3.89. The molecule has 4 nitrogen and oxygen atoms in total. The highest BCUT2D eigenvalue weighted by Gasteiger charge is 2.33. The van der Waals surface area contributed by atoms with E-state index in [4.69, 9.17) is 11.6 Å². The number of carboxylic acid groups (broad SMARTS) is 1. The number of amides is 1. The summed E-state index contributed by atoms with van der Waals surface area (Å²) >= 11 is 5.90. The molecule has 0 aliphatic heterocycles. The van der Waals surface area contributed by atoms with Crippen molar-refractivity contribution in [3.63, 3.8) is 0 Å². The standard InChI is InChI=1S/C17H20ClNO3/c1-10-6-14(15(17(21)22)7-11(10)2)16(20)19-9-12-4-3-5-13(18)8-12/h3-5,8,14-15H,6-7,9H2,1-2H3,(H,19,20)(H,21,22)/p-1/t14-,15-/m1/s1. The Morgan fingerprint density at radius 1 is 1.23 bits per heavy atom. The highest BCUT2D eigenvalue weighted by atomic mass is 35.5. The third-order valence-corrected chi connectivity index (χ3v) is 4.50. The molecule has 1 amide bonds. The molecule has 0 bridgehead atoms. The summed E-state index contributed by atoms with van der Waals surface area (Å²) in [7, 11) is 0. The Bertz CT molecular complexity index is 624. The monoisotopic (exact) mass is 320 g/mol. The van der Waals surface area contributed by atoms with Crippen LogP contribution < -0.4 is 10.4 Å². The number of hydrogen-bond donors (Lipinski definition) is 1. The van der Waals surface area contributed by atoms with E-state index in [2.05, 4.69) is 5.32 Å². The molecule has 2 rings (SSSR count). The van der Waals surface area contributed by atoms with Crippen LogP contribution in [-0.2, 0) is 16.1 Å². The Morgan fingerprint density at radius 3 is 2.45 bits per heavy atom. The van der Waals surface area contributed by atoms with Crippen molar-refractivity contribution in [1.29, 1.82) is 0 Å². The summed E-state index contributed by atoms with van der Waals surface area (Å²) in [5.74, 6) is -2.74. The van der Waals surface area contributed by atoms with E-state index < -0.39 is 17.8 Å². The van der Waals surface area contributed by atoms with Gasteiger partial charge in [-0.15, -0.1) is 0 Å². The molecule has 0 aromatic heterocycles. The van der Waals surface area contributed by atoms with Crippen molar-refractivity contribution in [2.75, 3.05) is 0 Å². The first-order chi connectivity index (χ1) is 10.4. The predicted octanol–water partition coefficient (Wildman–Crippen LogP) is 2.07. The summed E-state index contributed by atoms with van der Waals surface area (Å²) < 4.78 is 0. The lowest BCUT2D eigenvalue weighted by molar-refractivity contribution is -0.313. The molecule has 1 aliphatic rings. The zero-order valence-corrected chi connectivity index (χ0v) is 13.4. The molecule has 22 heavy (non-hydrogen) atoms. The molecule has 0 heterocycles. The maximum atomic E-state index is 12.4. The highest BCUT2D eigenvalue weighted by molar-refractivity contribution is 6.30. The van der Waals surface area contributed by atoms with Crippen molar-refractivity contribution < 1.29 is 14.7 Å². The van der Waals surface area contributed by atoms with Crippen LogP contribution in [0.25, 0.3) is 0 Å². The molecule has 0 saturated heterocycles. The number of carboxylic acids is 1. The third-order valence-electron chi connectivity index (χ3n) is 4.26. The van der Waals surface area contributed by atoms with Crippen molar-refractivity contribution in [3.05, 3.63) is 46.0 Å². The van der Waals surface area contributed by atoms with Crippen LogP contribution in [0.2, 0.25) is 5.02 Å². The van der Waals surface area contributed by atoms with E-state index >= 15 is 0 Å². The van der Waals surface area contributed by atoms with Crippen LogP contribution in [0.5, 0.6) is 0 Å². The van der Waals surface area contributed by atoms with Gasteiger partial charge in [0.25, 0.3) is 0 Å². The molecule has 5 heteroatoms. The van der Waals surface area contributed by atoms with Crippen LogP contribution >= 0.6 is 11.6 Å². The summed E-state index contributed by atoms with van der Waals surface area (Å²) in [6.45, 7) is 4.18. The van der Waals surface area contributed by atoms with E-state index in [1.165, 1.54) is 0 Å². The number of carbonyl (C=O) groups is 2. The average molecular weight is 321 g/mol. The van der Waals surface area contributed by atoms with Gasteiger partial charge < -0.3 is 15.2 Å². The Kier molecular flexibility index (Phi) is 5.24. The van der Waals surface area contributed by atoms with E-state index in [1.807, 2.05) is 26.0 Å². The fourth-order valence-corrected chi connectivity index (χ4v) is 3.00. The number of hydrogen-bond acceptors (Lipinski definition) is 3. The minimum absolute atomic E-state index is 0.249. The van der Waals surface area contributed by atoms with E-state index in [0.29, 0.717) is 24.4 Å². The minimum Gasteiger partial charge on any atom is -0.550 e. The molecular formula is C17H19ClNO3-. The van der Waals surface area contributed by atoms with Crippen molar-refractivity contribution in [2.24, 2.45) is 11.8 Å². The second-order valence-electron chi connectivity index (χ2n) is 5.85. The maximum absolute atomic E-state index is 12.4. The topological polar surface area (TPSA) is 69.2 Å². The zero-order valence-electron chi connectivity index (χ0n) is 12.7. The van der Waals surface area contributed by atoms with Crippen molar-refractivity contribution in [3.8, 4) is 0 Å². The lowest BCUT2D eigenvalue weighted by Gasteiger charge is -2.32. The molecule has 0 saturated carbocycles. The Hall–Kier alpha value is -1.81. The quantitative estimate of drug-likeness (QED) is 0.863. The fraction of sp³-hybridized carbons (Fsp3) is 0.412. The summed E-state index contributed by atoms with van der Waals surface area (Å²) in [5, 5.41) is 14.7. The minimum atomic E-state index is -1.16. The average Bonchev–Trinajstić information content (AvgIpc) is 2.47. The molecule has 2 atom stereocenters. The molecule has 1 aliphatic carbocycles. The second kappa shape index (κ2) is 6.97. The van der Waals surface area contributed by atoms with Gasteiger partial charge in [0.15, 0.2) is 0 Å². The zero-order chi connectivity index (χ0) is 16.3. The second-order valence-corrected chi connectivity index (χ2v) is 6.29. The van der Waals surface area contributed by atoms with Gasteiger partial charge in [-0.2, -0.15) is 0 Å². The lowest BCUT2D eigenvalue weighted by atomic mass is 9.76. The van der Waals surface area contributed by atoms with Crippen molar-refractivity contribution in [2.45, 2.75) is 33.2 Å². The Morgan fingerprint density at radius 2 is 1.86 bits per heavy atom. The molecule has 0 spiro atoms. The number of rotatable bonds is 4. The first-order valence-corrected chi connectivity index (χ1v) is 7.64. The number of allylic oxidation sites excluding steroid dienone is 2. The summed E-state index contributed by atoms with van der Waals surface area (Å²) in [6.07, 6.45) is 0.843. The largest absolute Gasteiger partial charge is 0.550 e. The molecular weight excluding hydrogens is 302 g/mol. The van der Waals surface area contributed by atoms with Gasteiger partial charge in [0, 0.05) is 29.4 Å². The van der Waals surface area contributed by atoms with Gasteiger partial charge in [-0.3, -0.25) is 4.79 Å². The van der Waals surface area contributed by atoms with E-state index in [9.17, 15) is 14.7 Å². The number of nitrogens with one attached hydrogen (secondary N) is 1. The van der Waals surface area contributed by atoms with Crippen LogP contribution in [0.15, 0.2) is 35.4 Å². The lowest BCUT2D eigenvalue weighted by Crippen LogP contribution is -2.44. The molecule has 0 unspecified atom stereocenters. The summed E-state index contributed by atoms with van der Waals surface area (Å²) in [6, 6.07) is 7.20. The van der Waals surface area contributed by atoms with Gasteiger partial charge in [0.2, 0.25) is 5.91 Å². The molecule has 0 fully saturated rings. The first-order valence-electron chi connectivity index (χ1n) is 7.26. The SMILES string of the molecule is CC1=C(C)C[C@@H](C(=O)NCc2cccc(Cl)c2)[C@H](C(=O)[O-])C1. The number of benzene rings is 1. The Labute approximate surface area is 135 Å². The number of aliphatic carboxylic acids is 1. The van der Waals surface area contributed by atoms with Crippen LogP contribution in [-0.4, -0.2) is 11.9 Å². The van der Waals surface area contributed by atoms with Crippen LogP contribution in [0.3, 0.4) is 0 Å². The fourth-order valence-electron chi connectivity index (χ4n) is 2.78. The van der Waals surface area contributed by atoms with Crippen molar-refractivity contribution in [1.82, 2.24) is 5.32 Å².